The number of Topliss-reactive ketones (excluding diaryl/α,β-unsaturated/α-hetero) is 1. The minimum atomic E-state index is -0.658. The average molecular weight is 469 g/mol. The summed E-state index contributed by atoms with van der Waals surface area (Å²) in [5, 5.41) is 11.7. The zero-order valence-electron chi connectivity index (χ0n) is 19.2. The third-order valence-electron chi connectivity index (χ3n) is 6.43. The Bertz CT molecular complexity index is 1090. The van der Waals surface area contributed by atoms with E-state index in [1.807, 2.05) is 50.2 Å². The van der Waals surface area contributed by atoms with Crippen LogP contribution in [0.15, 0.2) is 48.0 Å². The molecule has 1 N–H and O–H groups in total. The molecule has 7 heteroatoms. The maximum absolute atomic E-state index is 13.2. The molecule has 2 fully saturated rings. The van der Waals surface area contributed by atoms with Gasteiger partial charge in [0.15, 0.2) is 0 Å². The summed E-state index contributed by atoms with van der Waals surface area (Å²) in [5.41, 5.74) is 2.30. The summed E-state index contributed by atoms with van der Waals surface area (Å²) in [4.78, 5) is 30.1. The lowest BCUT2D eigenvalue weighted by atomic mass is 9.94. The molecule has 0 spiro atoms. The molecule has 2 aromatic rings. The first-order valence-corrected chi connectivity index (χ1v) is 11.7. The second kappa shape index (κ2) is 9.48. The molecule has 6 nitrogen and oxygen atoms in total. The van der Waals surface area contributed by atoms with Crippen molar-refractivity contribution in [2.75, 3.05) is 25.6 Å². The van der Waals surface area contributed by atoms with Gasteiger partial charge in [-0.2, -0.15) is 0 Å². The average Bonchev–Trinajstić information content (AvgIpc) is 3.42. The Labute approximate surface area is 199 Å². The first kappa shape index (κ1) is 23.2. The van der Waals surface area contributed by atoms with E-state index in [0.717, 1.165) is 36.9 Å². The molecule has 1 aliphatic heterocycles. The van der Waals surface area contributed by atoms with Crippen molar-refractivity contribution < 1.29 is 19.4 Å². The molecule has 1 heterocycles. The van der Waals surface area contributed by atoms with E-state index in [9.17, 15) is 14.7 Å². The second-order valence-corrected chi connectivity index (χ2v) is 9.12. The molecular weight excluding hydrogens is 440 g/mol. The molecule has 4 rings (SSSR count). The number of ether oxygens (including phenoxy) is 1. The number of carbonyl (C=O) groups excluding carboxylic acids is 2. The van der Waals surface area contributed by atoms with Gasteiger partial charge in [0, 0.05) is 31.4 Å². The van der Waals surface area contributed by atoms with E-state index in [0.29, 0.717) is 22.9 Å². The Morgan fingerprint density at radius 3 is 2.39 bits per heavy atom. The van der Waals surface area contributed by atoms with Crippen LogP contribution < -0.4 is 9.64 Å². The highest BCUT2D eigenvalue weighted by Crippen LogP contribution is 2.44. The lowest BCUT2D eigenvalue weighted by Gasteiger charge is -2.31. The quantitative estimate of drug-likeness (QED) is 0.360. The van der Waals surface area contributed by atoms with E-state index >= 15 is 0 Å². The molecule has 1 amide bonds. The normalized spacial score (nSPS) is 20.5. The minimum Gasteiger partial charge on any atom is -0.507 e. The van der Waals surface area contributed by atoms with E-state index in [1.165, 1.54) is 0 Å². The number of carbonyl (C=O) groups is 2. The zero-order valence-corrected chi connectivity index (χ0v) is 19.9. The first-order chi connectivity index (χ1) is 15.8. The van der Waals surface area contributed by atoms with E-state index in [2.05, 4.69) is 0 Å². The van der Waals surface area contributed by atoms with Crippen LogP contribution in [-0.2, 0) is 9.59 Å². The lowest BCUT2D eigenvalue weighted by Crippen LogP contribution is -2.37. The summed E-state index contributed by atoms with van der Waals surface area (Å²) in [5.74, 6) is -1.01. The molecule has 0 bridgehead atoms. The third-order valence-corrected chi connectivity index (χ3v) is 6.74. The lowest BCUT2D eigenvalue weighted by molar-refractivity contribution is -0.141. The number of hydrogen-bond acceptors (Lipinski definition) is 5. The van der Waals surface area contributed by atoms with Crippen molar-refractivity contribution in [1.82, 2.24) is 4.90 Å². The molecule has 174 valence electrons. The molecule has 1 saturated carbocycles. The summed E-state index contributed by atoms with van der Waals surface area (Å²) in [6.45, 7) is 2.25. The van der Waals surface area contributed by atoms with Crippen LogP contribution in [0.3, 0.4) is 0 Å². The SMILES string of the molecule is CCOc1cc(/C(O)=C2/C(=O)C(=O)N(C3CCCC3)C2c2ccc(N(C)C)cc2)ccc1Cl. The fourth-order valence-electron chi connectivity index (χ4n) is 4.76. The Hall–Kier alpha value is -2.99. The molecule has 2 aliphatic rings. The second-order valence-electron chi connectivity index (χ2n) is 8.71. The Balaban J connectivity index is 1.86. The van der Waals surface area contributed by atoms with Crippen LogP contribution in [0.5, 0.6) is 5.75 Å². The Morgan fingerprint density at radius 1 is 1.12 bits per heavy atom. The van der Waals surface area contributed by atoms with E-state index in [1.54, 1.807) is 23.1 Å². The topological polar surface area (TPSA) is 70.1 Å². The largest absolute Gasteiger partial charge is 0.507 e. The molecule has 33 heavy (non-hydrogen) atoms. The van der Waals surface area contributed by atoms with Crippen LogP contribution in [-0.4, -0.2) is 48.4 Å². The van der Waals surface area contributed by atoms with Gasteiger partial charge in [-0.05, 0) is 55.7 Å². The summed E-state index contributed by atoms with van der Waals surface area (Å²) in [7, 11) is 3.91. The number of nitrogens with zero attached hydrogens (tertiary/aromatic N) is 2. The molecule has 1 saturated heterocycles. The van der Waals surface area contributed by atoms with Gasteiger partial charge in [0.1, 0.15) is 11.5 Å². The van der Waals surface area contributed by atoms with Gasteiger partial charge < -0.3 is 19.6 Å². The van der Waals surface area contributed by atoms with Crippen molar-refractivity contribution >= 4 is 34.7 Å². The first-order valence-electron chi connectivity index (χ1n) is 11.3. The van der Waals surface area contributed by atoms with Crippen LogP contribution in [0.1, 0.15) is 49.8 Å². The molecule has 1 unspecified atom stereocenters. The summed E-state index contributed by atoms with van der Waals surface area (Å²) < 4.78 is 5.55. The van der Waals surface area contributed by atoms with Crippen LogP contribution in [0.25, 0.3) is 5.76 Å². The maximum Gasteiger partial charge on any atom is 0.295 e. The highest BCUT2D eigenvalue weighted by atomic mass is 35.5. The molecule has 0 radical (unpaired) electrons. The van der Waals surface area contributed by atoms with Gasteiger partial charge in [0.25, 0.3) is 11.7 Å². The van der Waals surface area contributed by atoms with Crippen molar-refractivity contribution in [2.24, 2.45) is 0 Å². The highest BCUT2D eigenvalue weighted by molar-refractivity contribution is 6.46. The van der Waals surface area contributed by atoms with E-state index < -0.39 is 17.7 Å². The van der Waals surface area contributed by atoms with Gasteiger partial charge in [0.05, 0.1) is 23.2 Å². The fraction of sp³-hybridized carbons (Fsp3) is 0.385. The van der Waals surface area contributed by atoms with Gasteiger partial charge in [-0.3, -0.25) is 9.59 Å². The Kier molecular flexibility index (Phi) is 6.66. The molecule has 1 aliphatic carbocycles. The van der Waals surface area contributed by atoms with Gasteiger partial charge in [-0.1, -0.05) is 36.6 Å². The van der Waals surface area contributed by atoms with Crippen molar-refractivity contribution in [3.8, 4) is 5.75 Å². The van der Waals surface area contributed by atoms with E-state index in [4.69, 9.17) is 16.3 Å². The summed E-state index contributed by atoms with van der Waals surface area (Å²) in [6.07, 6.45) is 3.76. The monoisotopic (exact) mass is 468 g/mol. The van der Waals surface area contributed by atoms with Crippen LogP contribution in [0.2, 0.25) is 5.02 Å². The fourth-order valence-corrected chi connectivity index (χ4v) is 4.94. The number of ketones is 1. The smallest absolute Gasteiger partial charge is 0.295 e. The number of hydrogen-bond donors (Lipinski definition) is 1. The number of amides is 1. The molecular formula is C26H29ClN2O4. The van der Waals surface area contributed by atoms with Gasteiger partial charge >= 0.3 is 0 Å². The summed E-state index contributed by atoms with van der Waals surface area (Å²) in [6, 6.07) is 12.0. The number of aliphatic hydroxyl groups excluding tert-OH is 1. The number of likely N-dealkylation sites (tertiary alicyclic amines) is 1. The van der Waals surface area contributed by atoms with E-state index in [-0.39, 0.29) is 17.4 Å². The standard InChI is InChI=1S/C26H29ClN2O4/c1-4-33-21-15-17(11-14-20(21)27)24(30)22-23(16-9-12-18(13-10-16)28(2)3)29(26(32)25(22)31)19-7-5-6-8-19/h9-15,19,23,30H,4-8H2,1-3H3/b24-22-. The number of aliphatic hydroxyl groups is 1. The minimum absolute atomic E-state index is 0.0190. The van der Waals surface area contributed by atoms with Gasteiger partial charge in [-0.25, -0.2) is 0 Å². The number of anilines is 1. The van der Waals surface area contributed by atoms with Gasteiger partial charge in [0.2, 0.25) is 0 Å². The van der Waals surface area contributed by atoms with Crippen LogP contribution >= 0.6 is 11.6 Å². The zero-order chi connectivity index (χ0) is 23.7. The highest BCUT2D eigenvalue weighted by Gasteiger charge is 2.49. The van der Waals surface area contributed by atoms with Crippen molar-refractivity contribution in [3.63, 3.8) is 0 Å². The predicted octanol–water partition coefficient (Wildman–Crippen LogP) is 5.17. The molecule has 2 aromatic carbocycles. The van der Waals surface area contributed by atoms with Crippen molar-refractivity contribution in [1.29, 1.82) is 0 Å². The van der Waals surface area contributed by atoms with Crippen LogP contribution in [0, 0.1) is 0 Å². The predicted molar refractivity (Wildman–Crippen MR) is 130 cm³/mol. The summed E-state index contributed by atoms with van der Waals surface area (Å²) >= 11 is 6.21. The maximum atomic E-state index is 13.2. The number of rotatable bonds is 6. The van der Waals surface area contributed by atoms with Crippen molar-refractivity contribution in [2.45, 2.75) is 44.7 Å². The third kappa shape index (κ3) is 4.32. The number of benzene rings is 2. The molecule has 0 aromatic heterocycles. The van der Waals surface area contributed by atoms with Gasteiger partial charge in [-0.15, -0.1) is 0 Å². The van der Waals surface area contributed by atoms with Crippen molar-refractivity contribution in [3.05, 3.63) is 64.2 Å². The Morgan fingerprint density at radius 2 is 1.79 bits per heavy atom. The van der Waals surface area contributed by atoms with Crippen LogP contribution in [0.4, 0.5) is 5.69 Å². The number of halogens is 1. The molecule has 1 atom stereocenters.